The SMILES string of the molecule is Cc1c(C#C[Si](C)(C)C)ccc2oc(=O)ccc12.Cc1cccc2c(O)c3c(=O)oc4ccc(C#C[Si](C)(C)C)c5c(=O)oc(c12)c3c45.Cc1cccc2c1C(C#N)OC2=O.O=C=O. The summed E-state index contributed by atoms with van der Waals surface area (Å²) in [5.41, 5.74) is 11.9. The molecule has 0 saturated heterocycles. The fraction of sp³-hybridized carbons (Fsp3) is 0.200. The molecule has 8 aromatic rings. The van der Waals surface area contributed by atoms with Crippen LogP contribution in [-0.4, -0.2) is 33.4 Å². The first-order chi connectivity index (χ1) is 30.2. The maximum absolute atomic E-state index is 13.1. The second-order valence-electron chi connectivity index (χ2n) is 17.0. The normalized spacial score (nSPS) is 12.8. The number of phenols is 1. The molecule has 0 fully saturated rings. The lowest BCUT2D eigenvalue weighted by molar-refractivity contribution is -0.191. The number of phenolic OH excluding ortho intramolecular Hbond substituents is 1. The Bertz CT molecular complexity index is 3590. The number of nitrogens with zero attached hydrogens (tertiary/aromatic N) is 1. The van der Waals surface area contributed by atoms with Crippen LogP contribution < -0.4 is 16.9 Å². The van der Waals surface area contributed by atoms with Crippen molar-refractivity contribution in [3.8, 4) is 34.7 Å². The fourth-order valence-corrected chi connectivity index (χ4v) is 8.21. The van der Waals surface area contributed by atoms with Gasteiger partial charge < -0.3 is 23.1 Å². The van der Waals surface area contributed by atoms with Gasteiger partial charge in [0.25, 0.3) is 0 Å². The molecule has 14 heteroatoms. The zero-order valence-corrected chi connectivity index (χ0v) is 38.5. The predicted octanol–water partition coefficient (Wildman–Crippen LogP) is 9.36. The van der Waals surface area contributed by atoms with E-state index >= 15 is 0 Å². The van der Waals surface area contributed by atoms with E-state index in [0.717, 1.165) is 33.2 Å². The zero-order valence-electron chi connectivity index (χ0n) is 36.5. The minimum atomic E-state index is -1.69. The van der Waals surface area contributed by atoms with Crippen molar-refractivity contribution in [3.63, 3.8) is 0 Å². The molecule has 12 nitrogen and oxygen atoms in total. The number of benzene rings is 5. The van der Waals surface area contributed by atoms with E-state index in [1.165, 1.54) is 6.07 Å². The number of cyclic esters (lactones) is 1. The third-order valence-corrected chi connectivity index (χ3v) is 11.8. The summed E-state index contributed by atoms with van der Waals surface area (Å²) in [6.45, 7) is 18.7. The third-order valence-electron chi connectivity index (χ3n) is 10.1. The molecule has 0 bridgehead atoms. The van der Waals surface area contributed by atoms with Gasteiger partial charge in [0, 0.05) is 49.7 Å². The van der Waals surface area contributed by atoms with Crippen LogP contribution in [0.15, 0.2) is 100 Å². The van der Waals surface area contributed by atoms with Crippen LogP contribution in [-0.2, 0) is 14.3 Å². The van der Waals surface area contributed by atoms with Crippen molar-refractivity contribution in [2.75, 3.05) is 0 Å². The van der Waals surface area contributed by atoms with Crippen molar-refractivity contribution in [2.45, 2.75) is 66.2 Å². The number of nitriles is 1. The second-order valence-corrected chi connectivity index (χ2v) is 26.5. The number of aryl methyl sites for hydroxylation is 3. The molecule has 0 saturated carbocycles. The molecular weight excluding hydrogens is 847 g/mol. The third kappa shape index (κ3) is 9.19. The van der Waals surface area contributed by atoms with Gasteiger partial charge in [-0.2, -0.15) is 14.9 Å². The van der Waals surface area contributed by atoms with Crippen molar-refractivity contribution in [1.29, 1.82) is 5.26 Å². The number of fused-ring (bicyclic) bond motifs is 4. The summed E-state index contributed by atoms with van der Waals surface area (Å²) in [6.07, 6.45) is -0.469. The van der Waals surface area contributed by atoms with Crippen molar-refractivity contribution in [2.24, 2.45) is 0 Å². The smallest absolute Gasteiger partial charge is 0.373 e. The Kier molecular flexibility index (Phi) is 12.8. The van der Waals surface area contributed by atoms with Gasteiger partial charge in [-0.05, 0) is 73.9 Å². The van der Waals surface area contributed by atoms with Crippen LogP contribution in [0.1, 0.15) is 49.8 Å². The van der Waals surface area contributed by atoms with E-state index in [1.54, 1.807) is 42.5 Å². The average molecular weight is 888 g/mol. The Morgan fingerprint density at radius 2 is 1.20 bits per heavy atom. The summed E-state index contributed by atoms with van der Waals surface area (Å²) in [5, 5.41) is 22.8. The Morgan fingerprint density at radius 3 is 1.86 bits per heavy atom. The Labute approximate surface area is 368 Å². The van der Waals surface area contributed by atoms with Gasteiger partial charge in [0.15, 0.2) is 0 Å². The lowest BCUT2D eigenvalue weighted by Crippen LogP contribution is -2.16. The van der Waals surface area contributed by atoms with Gasteiger partial charge in [-0.3, -0.25) is 0 Å². The van der Waals surface area contributed by atoms with Gasteiger partial charge in [0.05, 0.1) is 10.9 Å². The molecule has 0 radical (unpaired) electrons. The number of hydrogen-bond donors (Lipinski definition) is 1. The molecular formula is C50H41NO11Si2. The molecule has 9 rings (SSSR count). The van der Waals surface area contributed by atoms with Crippen LogP contribution in [0.5, 0.6) is 5.75 Å². The summed E-state index contributed by atoms with van der Waals surface area (Å²) in [6, 6.07) is 22.9. The standard InChI is InChI=1S/C24H18O5Si.C15H16O2Si.C10H7NO2.CO2/c1-12-6-5-7-14-16(12)22-19-18-15(28-24(27)20(19)21(14)25)9-8-13(10-11-30(2,3)4)17(18)23(26)29-22;1-11-12(9-10-18(2,3)4)5-7-14-13(11)6-8-15(16)17-14;1-6-3-2-4-7-9(6)8(5-11)13-10(7)12;2-1-3/h5-9,25H,1-4H3;5-8H,1-4H3;2-4,8H,1H3;. The molecule has 1 unspecified atom stereocenters. The maximum atomic E-state index is 13.1. The summed E-state index contributed by atoms with van der Waals surface area (Å²) in [4.78, 5) is 64.5. The maximum Gasteiger partial charge on any atom is 0.373 e. The molecule has 1 aliphatic rings. The van der Waals surface area contributed by atoms with Gasteiger partial charge in [-0.25, -0.2) is 19.2 Å². The first-order valence-electron chi connectivity index (χ1n) is 19.9. The van der Waals surface area contributed by atoms with Crippen molar-refractivity contribution in [1.82, 2.24) is 0 Å². The van der Waals surface area contributed by atoms with Crippen molar-refractivity contribution < 1.29 is 37.5 Å². The average Bonchev–Trinajstić information content (AvgIpc) is 3.57. The molecule has 1 aliphatic heterocycles. The lowest BCUT2D eigenvalue weighted by atomic mass is 9.94. The summed E-state index contributed by atoms with van der Waals surface area (Å²) >= 11 is 0. The molecule has 0 aliphatic carbocycles. The van der Waals surface area contributed by atoms with E-state index in [1.807, 2.05) is 51.1 Å². The van der Waals surface area contributed by atoms with Crippen LogP contribution in [0.4, 0.5) is 0 Å². The zero-order chi connectivity index (χ0) is 46.8. The molecule has 64 heavy (non-hydrogen) atoms. The van der Waals surface area contributed by atoms with Crippen molar-refractivity contribution >= 4 is 82.7 Å². The monoisotopic (exact) mass is 887 g/mol. The quantitative estimate of drug-likeness (QED) is 0.0379. The molecule has 1 N–H and O–H groups in total. The number of aromatic hydroxyl groups is 1. The Hall–Kier alpha value is -7.80. The Morgan fingerprint density at radius 1 is 0.609 bits per heavy atom. The summed E-state index contributed by atoms with van der Waals surface area (Å²) in [5.74, 6) is 5.81. The van der Waals surface area contributed by atoms with E-state index < -0.39 is 39.5 Å². The van der Waals surface area contributed by atoms with Gasteiger partial charge in [-0.1, -0.05) is 81.5 Å². The highest BCUT2D eigenvalue weighted by molar-refractivity contribution is 6.84. The van der Waals surface area contributed by atoms with E-state index in [9.17, 15) is 24.3 Å². The van der Waals surface area contributed by atoms with Gasteiger partial charge in [0.1, 0.15) is 50.1 Å². The highest BCUT2D eigenvalue weighted by Crippen LogP contribution is 2.42. The number of rotatable bonds is 0. The molecule has 1 atom stereocenters. The highest BCUT2D eigenvalue weighted by atomic mass is 28.3. The number of ether oxygens (including phenoxy) is 1. The molecule has 4 heterocycles. The highest BCUT2D eigenvalue weighted by Gasteiger charge is 2.32. The number of hydrogen-bond acceptors (Lipinski definition) is 12. The van der Waals surface area contributed by atoms with Gasteiger partial charge in [0.2, 0.25) is 6.10 Å². The van der Waals surface area contributed by atoms with E-state index in [4.69, 9.17) is 32.8 Å². The lowest BCUT2D eigenvalue weighted by Gasteiger charge is -2.14. The predicted molar refractivity (Wildman–Crippen MR) is 249 cm³/mol. The minimum absolute atomic E-state index is 0.0136. The number of carbonyl (C=O) groups is 1. The first kappa shape index (κ1) is 45.7. The van der Waals surface area contributed by atoms with E-state index in [2.05, 4.69) is 62.2 Å². The summed E-state index contributed by atoms with van der Waals surface area (Å²) < 4.78 is 21.3. The molecule has 320 valence electrons. The topological polar surface area (TPSA) is 195 Å². The molecule has 0 spiro atoms. The van der Waals surface area contributed by atoms with Gasteiger partial charge in [-0.15, -0.1) is 11.1 Å². The fourth-order valence-electron chi connectivity index (χ4n) is 7.19. The first-order valence-corrected chi connectivity index (χ1v) is 26.9. The Balaban J connectivity index is 0.000000170. The summed E-state index contributed by atoms with van der Waals surface area (Å²) in [7, 11) is -3.07. The molecule has 5 aromatic carbocycles. The second kappa shape index (κ2) is 17.9. The molecule has 0 amide bonds. The number of carbonyl (C=O) groups excluding carboxylic acids is 3. The van der Waals surface area contributed by atoms with Crippen LogP contribution in [0.2, 0.25) is 39.3 Å². The number of esters is 1. The van der Waals surface area contributed by atoms with Crippen LogP contribution >= 0.6 is 0 Å². The minimum Gasteiger partial charge on any atom is -0.506 e. The van der Waals surface area contributed by atoms with Crippen molar-refractivity contribution in [3.05, 3.63) is 143 Å². The van der Waals surface area contributed by atoms with Crippen LogP contribution in [0.25, 0.3) is 54.5 Å². The van der Waals surface area contributed by atoms with E-state index in [-0.39, 0.29) is 39.5 Å². The van der Waals surface area contributed by atoms with Crippen LogP contribution in [0.3, 0.4) is 0 Å². The van der Waals surface area contributed by atoms with Gasteiger partial charge >= 0.3 is 29.0 Å². The molecule has 3 aromatic heterocycles. The van der Waals surface area contributed by atoms with Crippen LogP contribution in [0, 0.1) is 55.0 Å². The van der Waals surface area contributed by atoms with E-state index in [0.29, 0.717) is 38.3 Å². The largest absolute Gasteiger partial charge is 0.506 e.